The normalized spacial score (nSPS) is 25.3. The Hall–Kier alpha value is -1.92. The van der Waals surface area contributed by atoms with E-state index in [0.717, 1.165) is 24.4 Å². The number of hydrogen-bond acceptors (Lipinski definition) is 5. The van der Waals surface area contributed by atoms with E-state index in [2.05, 4.69) is 40.5 Å². The summed E-state index contributed by atoms with van der Waals surface area (Å²) in [6.45, 7) is 3.93. The van der Waals surface area contributed by atoms with Gasteiger partial charge in [0.05, 0.1) is 24.9 Å². The lowest BCUT2D eigenvalue weighted by molar-refractivity contribution is -0.0102. The maximum absolute atomic E-state index is 11.0. The SMILES string of the molecule is CCCCCCN1C[C@H](O)[C@@H](n2cc(C3CC3)nn2)C[C@@H]1c1ccc(OC)cc1. The fraction of sp³-hybridized carbons (Fsp3) is 0.652. The monoisotopic (exact) mass is 398 g/mol. The minimum atomic E-state index is -0.426. The van der Waals surface area contributed by atoms with E-state index < -0.39 is 6.10 Å². The number of piperidine rings is 1. The summed E-state index contributed by atoms with van der Waals surface area (Å²) in [5, 5.41) is 19.7. The summed E-state index contributed by atoms with van der Waals surface area (Å²) in [4.78, 5) is 2.46. The van der Waals surface area contributed by atoms with Gasteiger partial charge in [-0.05, 0) is 49.9 Å². The van der Waals surface area contributed by atoms with Gasteiger partial charge in [-0.1, -0.05) is 43.5 Å². The zero-order valence-electron chi connectivity index (χ0n) is 17.7. The van der Waals surface area contributed by atoms with Crippen LogP contribution in [-0.2, 0) is 0 Å². The zero-order chi connectivity index (χ0) is 20.2. The molecule has 1 aliphatic heterocycles. The molecule has 1 aromatic heterocycles. The van der Waals surface area contributed by atoms with Gasteiger partial charge in [-0.15, -0.1) is 5.10 Å². The maximum atomic E-state index is 11.0. The van der Waals surface area contributed by atoms with Crippen molar-refractivity contribution in [2.45, 2.75) is 76.0 Å². The van der Waals surface area contributed by atoms with Crippen LogP contribution in [0.1, 0.15) is 81.1 Å². The second-order valence-electron chi connectivity index (χ2n) is 8.61. The van der Waals surface area contributed by atoms with Crippen LogP contribution in [0.15, 0.2) is 30.5 Å². The fourth-order valence-corrected chi connectivity index (χ4v) is 4.49. The first-order chi connectivity index (χ1) is 14.2. The van der Waals surface area contributed by atoms with Gasteiger partial charge in [-0.2, -0.15) is 0 Å². The third-order valence-corrected chi connectivity index (χ3v) is 6.43. The number of hydrogen-bond donors (Lipinski definition) is 1. The molecule has 3 atom stereocenters. The van der Waals surface area contributed by atoms with Gasteiger partial charge in [-0.3, -0.25) is 4.90 Å². The highest BCUT2D eigenvalue weighted by atomic mass is 16.5. The summed E-state index contributed by atoms with van der Waals surface area (Å²) < 4.78 is 7.26. The van der Waals surface area contributed by atoms with Crippen molar-refractivity contribution in [3.8, 4) is 5.75 Å². The average molecular weight is 399 g/mol. The molecular weight excluding hydrogens is 364 g/mol. The largest absolute Gasteiger partial charge is 0.497 e. The molecule has 1 saturated carbocycles. The standard InChI is InChI=1S/C23H34N4O2/c1-3-4-5-6-13-26-16-23(28)22(27-15-20(24-25-27)17-7-8-17)14-21(26)18-9-11-19(29-2)12-10-18/h9-12,15,17,21-23,28H,3-8,13-14,16H2,1-2H3/t21-,22+,23+/m1/s1. The smallest absolute Gasteiger partial charge is 0.118 e. The summed E-state index contributed by atoms with van der Waals surface area (Å²) in [7, 11) is 1.70. The second kappa shape index (κ2) is 9.26. The van der Waals surface area contributed by atoms with Crippen LogP contribution in [0.25, 0.3) is 0 Å². The summed E-state index contributed by atoms with van der Waals surface area (Å²) >= 11 is 0. The van der Waals surface area contributed by atoms with Gasteiger partial charge >= 0.3 is 0 Å². The number of likely N-dealkylation sites (tertiary alicyclic amines) is 1. The molecule has 0 bridgehead atoms. The van der Waals surface area contributed by atoms with Gasteiger partial charge in [0.2, 0.25) is 0 Å². The number of aliphatic hydroxyl groups excluding tert-OH is 1. The minimum Gasteiger partial charge on any atom is -0.497 e. The van der Waals surface area contributed by atoms with Crippen LogP contribution in [0.4, 0.5) is 0 Å². The maximum Gasteiger partial charge on any atom is 0.118 e. The molecular formula is C23H34N4O2. The van der Waals surface area contributed by atoms with Crippen LogP contribution in [0.2, 0.25) is 0 Å². The van der Waals surface area contributed by atoms with Gasteiger partial charge in [0.15, 0.2) is 0 Å². The van der Waals surface area contributed by atoms with Crippen LogP contribution in [0.5, 0.6) is 5.75 Å². The van der Waals surface area contributed by atoms with E-state index in [1.54, 1.807) is 7.11 Å². The van der Waals surface area contributed by atoms with Gasteiger partial charge in [0, 0.05) is 24.7 Å². The quantitative estimate of drug-likeness (QED) is 0.645. The van der Waals surface area contributed by atoms with Gasteiger partial charge in [0.1, 0.15) is 5.75 Å². The Labute approximate surface area is 173 Å². The Bertz CT molecular complexity index is 771. The van der Waals surface area contributed by atoms with E-state index in [1.165, 1.54) is 44.1 Å². The van der Waals surface area contributed by atoms with Crippen molar-refractivity contribution < 1.29 is 9.84 Å². The van der Waals surface area contributed by atoms with Crippen LogP contribution >= 0.6 is 0 Å². The first kappa shape index (κ1) is 20.4. The molecule has 2 aromatic rings. The number of benzene rings is 1. The molecule has 6 nitrogen and oxygen atoms in total. The molecule has 2 aliphatic rings. The number of nitrogens with zero attached hydrogens (tertiary/aromatic N) is 4. The van der Waals surface area contributed by atoms with E-state index in [9.17, 15) is 5.11 Å². The zero-order valence-corrected chi connectivity index (χ0v) is 17.7. The van der Waals surface area contributed by atoms with E-state index in [0.29, 0.717) is 12.5 Å². The highest BCUT2D eigenvalue weighted by Gasteiger charge is 2.37. The van der Waals surface area contributed by atoms with Crippen LogP contribution < -0.4 is 4.74 Å². The third-order valence-electron chi connectivity index (χ3n) is 6.43. The molecule has 29 heavy (non-hydrogen) atoms. The predicted octanol–water partition coefficient (Wildman–Crippen LogP) is 4.09. The molecule has 6 heteroatoms. The lowest BCUT2D eigenvalue weighted by Crippen LogP contribution is -2.46. The lowest BCUT2D eigenvalue weighted by atomic mass is 9.89. The van der Waals surface area contributed by atoms with Crippen molar-refractivity contribution in [1.82, 2.24) is 19.9 Å². The van der Waals surface area contributed by atoms with Gasteiger partial charge < -0.3 is 9.84 Å². The highest BCUT2D eigenvalue weighted by Crippen LogP contribution is 2.41. The fourth-order valence-electron chi connectivity index (χ4n) is 4.49. The van der Waals surface area contributed by atoms with E-state index >= 15 is 0 Å². The Kier molecular flexibility index (Phi) is 6.50. The molecule has 0 unspecified atom stereocenters. The number of β-amino-alcohol motifs (C(OH)–C–C–N with tert-alkyl or cyclic N) is 1. The Morgan fingerprint density at radius 3 is 2.62 bits per heavy atom. The van der Waals surface area contributed by atoms with E-state index in [1.807, 2.05) is 16.8 Å². The summed E-state index contributed by atoms with van der Waals surface area (Å²) in [5.41, 5.74) is 2.36. The number of aromatic nitrogens is 3. The lowest BCUT2D eigenvalue weighted by Gasteiger charge is -2.42. The van der Waals surface area contributed by atoms with Crippen LogP contribution in [0.3, 0.4) is 0 Å². The molecule has 1 aromatic carbocycles. The first-order valence-electron chi connectivity index (χ1n) is 11.2. The van der Waals surface area contributed by atoms with Crippen molar-refractivity contribution in [3.05, 3.63) is 41.7 Å². The van der Waals surface area contributed by atoms with Gasteiger partial charge in [-0.25, -0.2) is 4.68 Å². The van der Waals surface area contributed by atoms with Crippen molar-refractivity contribution in [3.63, 3.8) is 0 Å². The van der Waals surface area contributed by atoms with E-state index in [-0.39, 0.29) is 12.1 Å². The molecule has 4 rings (SSSR count). The Balaban J connectivity index is 1.52. The molecule has 2 heterocycles. The molecule has 0 radical (unpaired) electrons. The topological polar surface area (TPSA) is 63.4 Å². The Morgan fingerprint density at radius 1 is 1.14 bits per heavy atom. The first-order valence-corrected chi connectivity index (χ1v) is 11.2. The van der Waals surface area contributed by atoms with Gasteiger partial charge in [0.25, 0.3) is 0 Å². The third kappa shape index (κ3) is 4.81. The predicted molar refractivity (Wildman–Crippen MR) is 113 cm³/mol. The Morgan fingerprint density at radius 2 is 1.93 bits per heavy atom. The van der Waals surface area contributed by atoms with Crippen molar-refractivity contribution in [2.75, 3.05) is 20.2 Å². The number of ether oxygens (including phenoxy) is 1. The summed E-state index contributed by atoms with van der Waals surface area (Å²) in [6.07, 6.45) is 9.84. The molecule has 158 valence electrons. The van der Waals surface area contributed by atoms with Crippen molar-refractivity contribution >= 4 is 0 Å². The number of rotatable bonds is 9. The molecule has 1 aliphatic carbocycles. The number of methoxy groups -OCH3 is 1. The molecule has 1 N–H and O–H groups in total. The molecule has 1 saturated heterocycles. The summed E-state index contributed by atoms with van der Waals surface area (Å²) in [5.74, 6) is 1.46. The van der Waals surface area contributed by atoms with Crippen molar-refractivity contribution in [1.29, 1.82) is 0 Å². The minimum absolute atomic E-state index is 0.0333. The van der Waals surface area contributed by atoms with Crippen molar-refractivity contribution in [2.24, 2.45) is 0 Å². The molecule has 0 amide bonds. The number of aliphatic hydroxyl groups is 1. The molecule has 0 spiro atoms. The summed E-state index contributed by atoms with van der Waals surface area (Å²) in [6, 6.07) is 8.62. The average Bonchev–Trinajstić information content (AvgIpc) is 3.49. The van der Waals surface area contributed by atoms with E-state index in [4.69, 9.17) is 4.74 Å². The van der Waals surface area contributed by atoms with Crippen LogP contribution in [0, 0.1) is 0 Å². The number of unbranched alkanes of at least 4 members (excludes halogenated alkanes) is 3. The second-order valence-corrected chi connectivity index (χ2v) is 8.61. The highest BCUT2D eigenvalue weighted by molar-refractivity contribution is 5.29. The van der Waals surface area contributed by atoms with Crippen LogP contribution in [-0.4, -0.2) is 51.3 Å². The molecule has 2 fully saturated rings.